The van der Waals surface area contributed by atoms with E-state index < -0.39 is 6.10 Å². The van der Waals surface area contributed by atoms with E-state index in [4.69, 9.17) is 11.6 Å². The Kier molecular flexibility index (Phi) is 6.45. The SMILES string of the molecule is CC(C)CN1CCC(C(=O)NC(C)C(O)c2ccc(Cl)cc2)C1. The lowest BCUT2D eigenvalue weighted by atomic mass is 10.0. The van der Waals surface area contributed by atoms with E-state index >= 15 is 0 Å². The van der Waals surface area contributed by atoms with Gasteiger partial charge in [0.2, 0.25) is 5.91 Å². The summed E-state index contributed by atoms with van der Waals surface area (Å²) in [6, 6.07) is 6.73. The zero-order valence-corrected chi connectivity index (χ0v) is 14.9. The minimum Gasteiger partial charge on any atom is -0.386 e. The van der Waals surface area contributed by atoms with Crippen LogP contribution in [-0.2, 0) is 4.79 Å². The van der Waals surface area contributed by atoms with E-state index in [0.717, 1.165) is 31.6 Å². The first kappa shape index (κ1) is 18.2. The Morgan fingerprint density at radius 3 is 2.61 bits per heavy atom. The maximum absolute atomic E-state index is 12.4. The molecule has 5 heteroatoms. The average molecular weight is 339 g/mol. The minimum atomic E-state index is -0.732. The normalized spacial score (nSPS) is 21.4. The second-order valence-electron chi connectivity index (χ2n) is 6.93. The largest absolute Gasteiger partial charge is 0.386 e. The number of carbonyl (C=O) groups excluding carboxylic acids is 1. The highest BCUT2D eigenvalue weighted by Gasteiger charge is 2.30. The number of likely N-dealkylation sites (tertiary alicyclic amines) is 1. The molecule has 1 aromatic carbocycles. The molecule has 0 aliphatic carbocycles. The number of aliphatic hydroxyl groups is 1. The first-order chi connectivity index (χ1) is 10.9. The summed E-state index contributed by atoms with van der Waals surface area (Å²) in [7, 11) is 0. The van der Waals surface area contributed by atoms with Gasteiger partial charge >= 0.3 is 0 Å². The van der Waals surface area contributed by atoms with Crippen LogP contribution < -0.4 is 5.32 Å². The number of halogens is 1. The molecule has 2 rings (SSSR count). The molecule has 1 aliphatic rings. The number of carbonyl (C=O) groups is 1. The molecule has 1 saturated heterocycles. The molecule has 0 aromatic heterocycles. The Morgan fingerprint density at radius 2 is 2.00 bits per heavy atom. The van der Waals surface area contributed by atoms with Crippen molar-refractivity contribution in [2.45, 2.75) is 39.3 Å². The van der Waals surface area contributed by atoms with Crippen LogP contribution >= 0.6 is 11.6 Å². The molecule has 23 heavy (non-hydrogen) atoms. The van der Waals surface area contributed by atoms with Gasteiger partial charge < -0.3 is 15.3 Å². The number of nitrogens with zero attached hydrogens (tertiary/aromatic N) is 1. The maximum Gasteiger partial charge on any atom is 0.224 e. The molecule has 128 valence electrons. The molecular formula is C18H27ClN2O2. The van der Waals surface area contributed by atoms with Gasteiger partial charge in [0, 0.05) is 18.1 Å². The molecule has 1 heterocycles. The highest BCUT2D eigenvalue weighted by Crippen LogP contribution is 2.21. The van der Waals surface area contributed by atoms with Gasteiger partial charge in [-0.3, -0.25) is 4.79 Å². The van der Waals surface area contributed by atoms with Crippen LogP contribution in [0.2, 0.25) is 5.02 Å². The zero-order valence-electron chi connectivity index (χ0n) is 14.1. The summed E-state index contributed by atoms with van der Waals surface area (Å²) in [5.74, 6) is 0.674. The van der Waals surface area contributed by atoms with Gasteiger partial charge in [-0.25, -0.2) is 0 Å². The third-order valence-electron chi connectivity index (χ3n) is 4.32. The summed E-state index contributed by atoms with van der Waals surface area (Å²) in [4.78, 5) is 14.7. The van der Waals surface area contributed by atoms with Crippen LogP contribution in [0.5, 0.6) is 0 Å². The van der Waals surface area contributed by atoms with Gasteiger partial charge in [0.05, 0.1) is 18.1 Å². The molecule has 1 aliphatic heterocycles. The Morgan fingerprint density at radius 1 is 1.35 bits per heavy atom. The Labute approximate surface area is 143 Å². The first-order valence-corrected chi connectivity index (χ1v) is 8.71. The van der Waals surface area contributed by atoms with Crippen LogP contribution in [0.4, 0.5) is 0 Å². The van der Waals surface area contributed by atoms with Crippen molar-refractivity contribution >= 4 is 17.5 Å². The average Bonchev–Trinajstić information content (AvgIpc) is 2.95. The van der Waals surface area contributed by atoms with E-state index in [1.807, 2.05) is 6.92 Å². The summed E-state index contributed by atoms with van der Waals surface area (Å²) in [5.41, 5.74) is 0.759. The fourth-order valence-corrected chi connectivity index (χ4v) is 3.22. The summed E-state index contributed by atoms with van der Waals surface area (Å²) >= 11 is 5.86. The number of benzene rings is 1. The molecule has 1 aromatic rings. The summed E-state index contributed by atoms with van der Waals surface area (Å²) in [6.45, 7) is 9.04. The topological polar surface area (TPSA) is 52.6 Å². The second-order valence-corrected chi connectivity index (χ2v) is 7.37. The van der Waals surface area contributed by atoms with Crippen molar-refractivity contribution in [1.82, 2.24) is 10.2 Å². The van der Waals surface area contributed by atoms with Crippen molar-refractivity contribution < 1.29 is 9.90 Å². The van der Waals surface area contributed by atoms with Crippen molar-refractivity contribution in [3.63, 3.8) is 0 Å². The fourth-order valence-electron chi connectivity index (χ4n) is 3.10. The predicted molar refractivity (Wildman–Crippen MR) is 93.4 cm³/mol. The molecule has 4 nitrogen and oxygen atoms in total. The predicted octanol–water partition coefficient (Wildman–Crippen LogP) is 2.86. The van der Waals surface area contributed by atoms with Crippen LogP contribution in [0.25, 0.3) is 0 Å². The fraction of sp³-hybridized carbons (Fsp3) is 0.611. The Bertz CT molecular complexity index is 518. The quantitative estimate of drug-likeness (QED) is 0.838. The lowest BCUT2D eigenvalue weighted by Gasteiger charge is -2.23. The van der Waals surface area contributed by atoms with Gasteiger partial charge in [0.15, 0.2) is 0 Å². The number of rotatable bonds is 6. The number of amides is 1. The highest BCUT2D eigenvalue weighted by molar-refractivity contribution is 6.30. The van der Waals surface area contributed by atoms with Gasteiger partial charge in [0.1, 0.15) is 0 Å². The van der Waals surface area contributed by atoms with E-state index in [1.165, 1.54) is 0 Å². The molecule has 0 radical (unpaired) electrons. The van der Waals surface area contributed by atoms with Gasteiger partial charge in [0.25, 0.3) is 0 Å². The number of hydrogen-bond acceptors (Lipinski definition) is 3. The van der Waals surface area contributed by atoms with Crippen LogP contribution in [0, 0.1) is 11.8 Å². The van der Waals surface area contributed by atoms with Crippen LogP contribution in [0.1, 0.15) is 38.9 Å². The van der Waals surface area contributed by atoms with E-state index in [-0.39, 0.29) is 17.9 Å². The molecule has 1 fully saturated rings. The van der Waals surface area contributed by atoms with E-state index in [0.29, 0.717) is 10.9 Å². The summed E-state index contributed by atoms with van der Waals surface area (Å²) in [5, 5.41) is 14.0. The molecule has 3 atom stereocenters. The van der Waals surface area contributed by atoms with Gasteiger partial charge in [-0.2, -0.15) is 0 Å². The highest BCUT2D eigenvalue weighted by atomic mass is 35.5. The Hall–Kier alpha value is -1.10. The van der Waals surface area contributed by atoms with Gasteiger partial charge in [-0.05, 0) is 43.5 Å². The smallest absolute Gasteiger partial charge is 0.224 e. The lowest BCUT2D eigenvalue weighted by molar-refractivity contribution is -0.126. The second kappa shape index (κ2) is 8.13. The number of nitrogens with one attached hydrogen (secondary N) is 1. The van der Waals surface area contributed by atoms with Crippen molar-refractivity contribution in [3.05, 3.63) is 34.9 Å². The van der Waals surface area contributed by atoms with Gasteiger partial charge in [-0.15, -0.1) is 0 Å². The van der Waals surface area contributed by atoms with E-state index in [9.17, 15) is 9.90 Å². The first-order valence-electron chi connectivity index (χ1n) is 8.33. The van der Waals surface area contributed by atoms with Crippen molar-refractivity contribution in [2.24, 2.45) is 11.8 Å². The van der Waals surface area contributed by atoms with E-state index in [2.05, 4.69) is 24.1 Å². The molecule has 3 unspecified atom stereocenters. The zero-order chi connectivity index (χ0) is 17.0. The number of aliphatic hydroxyl groups excluding tert-OH is 1. The van der Waals surface area contributed by atoms with Crippen molar-refractivity contribution in [2.75, 3.05) is 19.6 Å². The third kappa shape index (κ3) is 5.20. The third-order valence-corrected chi connectivity index (χ3v) is 4.57. The standard InChI is InChI=1S/C18H27ClN2O2/c1-12(2)10-21-9-8-15(11-21)18(23)20-13(3)17(22)14-4-6-16(19)7-5-14/h4-7,12-13,15,17,22H,8-11H2,1-3H3,(H,20,23). The molecule has 0 saturated carbocycles. The minimum absolute atomic E-state index is 0.0219. The molecular weight excluding hydrogens is 312 g/mol. The van der Waals surface area contributed by atoms with Crippen LogP contribution in [0.15, 0.2) is 24.3 Å². The Balaban J connectivity index is 1.86. The monoisotopic (exact) mass is 338 g/mol. The molecule has 0 spiro atoms. The summed E-state index contributed by atoms with van der Waals surface area (Å²) in [6.07, 6.45) is 0.159. The van der Waals surface area contributed by atoms with Gasteiger partial charge in [-0.1, -0.05) is 37.6 Å². The van der Waals surface area contributed by atoms with Crippen molar-refractivity contribution in [1.29, 1.82) is 0 Å². The molecule has 2 N–H and O–H groups in total. The van der Waals surface area contributed by atoms with E-state index in [1.54, 1.807) is 24.3 Å². The number of hydrogen-bond donors (Lipinski definition) is 2. The molecule has 0 bridgehead atoms. The van der Waals surface area contributed by atoms with Crippen LogP contribution in [-0.4, -0.2) is 41.6 Å². The summed E-state index contributed by atoms with van der Waals surface area (Å²) < 4.78 is 0. The lowest BCUT2D eigenvalue weighted by Crippen LogP contribution is -2.41. The molecule has 1 amide bonds. The van der Waals surface area contributed by atoms with Crippen molar-refractivity contribution in [3.8, 4) is 0 Å². The van der Waals surface area contributed by atoms with Crippen LogP contribution in [0.3, 0.4) is 0 Å². The maximum atomic E-state index is 12.4.